The fourth-order valence-electron chi connectivity index (χ4n) is 3.32. The number of ether oxygens (including phenoxy) is 1. The van der Waals surface area contributed by atoms with Crippen LogP contribution in [0.1, 0.15) is 31.2 Å². The van der Waals surface area contributed by atoms with Crippen LogP contribution in [0.25, 0.3) is 0 Å². The molecule has 0 bridgehead atoms. The number of amides is 1. The highest BCUT2D eigenvalue weighted by atomic mass is 35.5. The van der Waals surface area contributed by atoms with Crippen molar-refractivity contribution in [2.24, 2.45) is 5.73 Å². The van der Waals surface area contributed by atoms with Crippen molar-refractivity contribution < 1.29 is 9.53 Å². The highest BCUT2D eigenvalue weighted by molar-refractivity contribution is 5.86. The van der Waals surface area contributed by atoms with Gasteiger partial charge in [0.05, 0.1) is 31.0 Å². The Labute approximate surface area is 149 Å². The van der Waals surface area contributed by atoms with E-state index in [1.807, 2.05) is 28.9 Å². The Morgan fingerprint density at radius 2 is 2.13 bits per heavy atom. The lowest BCUT2D eigenvalue weighted by molar-refractivity contribution is -0.145. The van der Waals surface area contributed by atoms with Gasteiger partial charge in [0.2, 0.25) is 5.91 Å². The van der Waals surface area contributed by atoms with Crippen molar-refractivity contribution in [2.45, 2.75) is 50.8 Å². The minimum Gasteiger partial charge on any atom is -0.373 e. The van der Waals surface area contributed by atoms with E-state index >= 15 is 0 Å². The van der Waals surface area contributed by atoms with E-state index in [9.17, 15) is 4.79 Å². The average Bonchev–Trinajstić information content (AvgIpc) is 3.08. The molecule has 2 N–H and O–H groups in total. The molecule has 2 heterocycles. The third-order valence-electron chi connectivity index (χ3n) is 4.50. The monoisotopic (exact) mass is 364 g/mol. The first-order valence-corrected chi connectivity index (χ1v) is 7.76. The molecule has 1 aliphatic heterocycles. The topological polar surface area (TPSA) is 73.4 Å². The Bertz CT molecular complexity index is 517. The average molecular weight is 365 g/mol. The van der Waals surface area contributed by atoms with E-state index in [0.717, 1.165) is 31.2 Å². The first kappa shape index (κ1) is 20.2. The Kier molecular flexibility index (Phi) is 7.32. The van der Waals surface area contributed by atoms with Crippen LogP contribution in [0.4, 0.5) is 0 Å². The normalized spacial score (nSPS) is 23.0. The number of hydrogen-bond acceptors (Lipinski definition) is 4. The number of rotatable bonds is 3. The van der Waals surface area contributed by atoms with Gasteiger partial charge in [0, 0.05) is 19.3 Å². The molecule has 1 aliphatic carbocycles. The SMILES string of the molecule is Cc1cnn(CC2CN(C(=O)C3(N)CCCC3)CCO2)c1.Cl.Cl. The molecule has 1 atom stereocenters. The van der Waals surface area contributed by atoms with Crippen LogP contribution >= 0.6 is 24.8 Å². The molecule has 8 heteroatoms. The fourth-order valence-corrected chi connectivity index (χ4v) is 3.32. The number of aryl methyl sites for hydroxylation is 1. The van der Waals surface area contributed by atoms with Crippen molar-refractivity contribution in [2.75, 3.05) is 19.7 Å². The zero-order valence-corrected chi connectivity index (χ0v) is 15.1. The minimum absolute atomic E-state index is 0. The summed E-state index contributed by atoms with van der Waals surface area (Å²) >= 11 is 0. The number of morpholine rings is 1. The van der Waals surface area contributed by atoms with E-state index in [-0.39, 0.29) is 36.8 Å². The number of halogens is 2. The maximum Gasteiger partial charge on any atom is 0.242 e. The van der Waals surface area contributed by atoms with E-state index in [4.69, 9.17) is 10.5 Å². The largest absolute Gasteiger partial charge is 0.373 e. The Morgan fingerprint density at radius 3 is 2.74 bits per heavy atom. The third-order valence-corrected chi connectivity index (χ3v) is 4.50. The van der Waals surface area contributed by atoms with Gasteiger partial charge in [-0.3, -0.25) is 9.48 Å². The van der Waals surface area contributed by atoms with E-state index < -0.39 is 5.54 Å². The van der Waals surface area contributed by atoms with Crippen molar-refractivity contribution >= 4 is 30.7 Å². The lowest BCUT2D eigenvalue weighted by Gasteiger charge is -2.37. The van der Waals surface area contributed by atoms with Crippen molar-refractivity contribution in [1.82, 2.24) is 14.7 Å². The Balaban J connectivity index is 0.00000132. The summed E-state index contributed by atoms with van der Waals surface area (Å²) in [4.78, 5) is 14.5. The van der Waals surface area contributed by atoms with Gasteiger partial charge >= 0.3 is 0 Å². The van der Waals surface area contributed by atoms with E-state index in [1.165, 1.54) is 0 Å². The molecule has 1 saturated heterocycles. The number of hydrogen-bond donors (Lipinski definition) is 1. The number of nitrogens with zero attached hydrogens (tertiary/aromatic N) is 3. The summed E-state index contributed by atoms with van der Waals surface area (Å²) in [7, 11) is 0. The molecular weight excluding hydrogens is 339 g/mol. The molecule has 0 radical (unpaired) electrons. The van der Waals surface area contributed by atoms with Crippen LogP contribution in [0.15, 0.2) is 12.4 Å². The summed E-state index contributed by atoms with van der Waals surface area (Å²) < 4.78 is 7.65. The molecular formula is C15H26Cl2N4O2. The molecule has 6 nitrogen and oxygen atoms in total. The number of carbonyl (C=O) groups excluding carboxylic acids is 1. The van der Waals surface area contributed by atoms with Crippen LogP contribution in [-0.2, 0) is 16.1 Å². The van der Waals surface area contributed by atoms with Gasteiger partial charge in [-0.2, -0.15) is 5.10 Å². The van der Waals surface area contributed by atoms with Crippen LogP contribution in [0.3, 0.4) is 0 Å². The Morgan fingerprint density at radius 1 is 1.43 bits per heavy atom. The van der Waals surface area contributed by atoms with Gasteiger partial charge in [0.25, 0.3) is 0 Å². The number of aromatic nitrogens is 2. The zero-order valence-electron chi connectivity index (χ0n) is 13.4. The fraction of sp³-hybridized carbons (Fsp3) is 0.733. The quantitative estimate of drug-likeness (QED) is 0.882. The van der Waals surface area contributed by atoms with Crippen molar-refractivity contribution in [1.29, 1.82) is 0 Å². The predicted molar refractivity (Wildman–Crippen MR) is 93.2 cm³/mol. The number of nitrogens with two attached hydrogens (primary N) is 1. The maximum absolute atomic E-state index is 12.6. The van der Waals surface area contributed by atoms with Gasteiger partial charge < -0.3 is 15.4 Å². The molecule has 132 valence electrons. The van der Waals surface area contributed by atoms with Gasteiger partial charge in [-0.05, 0) is 25.3 Å². The van der Waals surface area contributed by atoms with Gasteiger partial charge in [0.1, 0.15) is 0 Å². The van der Waals surface area contributed by atoms with Gasteiger partial charge in [-0.15, -0.1) is 24.8 Å². The molecule has 1 saturated carbocycles. The second-order valence-corrected chi connectivity index (χ2v) is 6.35. The van der Waals surface area contributed by atoms with E-state index in [1.54, 1.807) is 0 Å². The molecule has 3 rings (SSSR count). The first-order chi connectivity index (χ1) is 10.1. The minimum atomic E-state index is -0.635. The summed E-state index contributed by atoms with van der Waals surface area (Å²) in [5, 5.41) is 4.28. The second-order valence-electron chi connectivity index (χ2n) is 6.35. The lowest BCUT2D eigenvalue weighted by atomic mass is 9.96. The lowest BCUT2D eigenvalue weighted by Crippen LogP contribution is -2.58. The predicted octanol–water partition coefficient (Wildman–Crippen LogP) is 1.53. The second kappa shape index (κ2) is 8.33. The van der Waals surface area contributed by atoms with Crippen molar-refractivity contribution in [3.05, 3.63) is 18.0 Å². The van der Waals surface area contributed by atoms with Gasteiger partial charge in [-0.1, -0.05) is 12.8 Å². The third kappa shape index (κ3) is 4.59. The summed E-state index contributed by atoms with van der Waals surface area (Å²) in [6.45, 7) is 4.52. The first-order valence-electron chi connectivity index (χ1n) is 7.76. The molecule has 1 unspecified atom stereocenters. The summed E-state index contributed by atoms with van der Waals surface area (Å²) in [5.41, 5.74) is 6.78. The molecule has 1 amide bonds. The van der Waals surface area contributed by atoms with Crippen molar-refractivity contribution in [3.63, 3.8) is 0 Å². The Hall–Kier alpha value is -0.820. The van der Waals surface area contributed by atoms with Crippen LogP contribution in [0, 0.1) is 6.92 Å². The van der Waals surface area contributed by atoms with Gasteiger partial charge in [0.15, 0.2) is 0 Å². The molecule has 0 aromatic carbocycles. The van der Waals surface area contributed by atoms with Crippen LogP contribution in [0.5, 0.6) is 0 Å². The molecule has 23 heavy (non-hydrogen) atoms. The standard InChI is InChI=1S/C15H24N4O2.2ClH/c1-12-8-17-19(9-12)11-13-10-18(6-7-21-13)14(20)15(16)4-2-3-5-15;;/h8-9,13H,2-7,10-11,16H2,1H3;2*1H. The molecule has 2 fully saturated rings. The molecule has 2 aliphatic rings. The van der Waals surface area contributed by atoms with E-state index in [0.29, 0.717) is 26.2 Å². The van der Waals surface area contributed by atoms with Crippen LogP contribution in [-0.4, -0.2) is 51.9 Å². The zero-order chi connectivity index (χ0) is 14.9. The number of carbonyl (C=O) groups is 1. The van der Waals surface area contributed by atoms with Crippen LogP contribution in [0.2, 0.25) is 0 Å². The van der Waals surface area contributed by atoms with Crippen LogP contribution < -0.4 is 5.73 Å². The summed E-state index contributed by atoms with van der Waals surface area (Å²) in [5.74, 6) is 0.102. The molecule has 1 aromatic heterocycles. The van der Waals surface area contributed by atoms with Crippen molar-refractivity contribution in [3.8, 4) is 0 Å². The maximum atomic E-state index is 12.6. The van der Waals surface area contributed by atoms with E-state index in [2.05, 4.69) is 5.10 Å². The highest BCUT2D eigenvalue weighted by Crippen LogP contribution is 2.29. The molecule has 0 spiro atoms. The molecule has 1 aromatic rings. The highest BCUT2D eigenvalue weighted by Gasteiger charge is 2.41. The summed E-state index contributed by atoms with van der Waals surface area (Å²) in [6.07, 6.45) is 7.56. The van der Waals surface area contributed by atoms with Gasteiger partial charge in [-0.25, -0.2) is 0 Å². The summed E-state index contributed by atoms with van der Waals surface area (Å²) in [6, 6.07) is 0. The smallest absolute Gasteiger partial charge is 0.242 e.